The lowest BCUT2D eigenvalue weighted by molar-refractivity contribution is -0.134. The number of aromatic nitrogens is 3. The Bertz CT molecular complexity index is 610. The molecule has 7 heteroatoms. The van der Waals surface area contributed by atoms with Gasteiger partial charge in [0.05, 0.1) is 0 Å². The number of likely N-dealkylation sites (tertiary alicyclic amines) is 1. The number of nitrogens with zero attached hydrogens (tertiary/aromatic N) is 5. The van der Waals surface area contributed by atoms with E-state index in [4.69, 9.17) is 0 Å². The summed E-state index contributed by atoms with van der Waals surface area (Å²) in [7, 11) is 0. The molecule has 0 spiro atoms. The van der Waals surface area contributed by atoms with Gasteiger partial charge in [-0.15, -0.1) is 10.2 Å². The van der Waals surface area contributed by atoms with Crippen LogP contribution in [0.5, 0.6) is 0 Å². The Morgan fingerprint density at radius 2 is 1.87 bits per heavy atom. The van der Waals surface area contributed by atoms with Gasteiger partial charge >= 0.3 is 0 Å². The average molecular weight is 319 g/mol. The van der Waals surface area contributed by atoms with Crippen LogP contribution < -0.4 is 0 Å². The first-order chi connectivity index (χ1) is 11.0. The lowest BCUT2D eigenvalue weighted by atomic mass is 10.1. The highest BCUT2D eigenvalue weighted by atomic mass is 16.2. The smallest absolute Gasteiger partial charge is 0.225 e. The Balaban J connectivity index is 1.73. The molecule has 23 heavy (non-hydrogen) atoms. The molecular formula is C16H25N5O2. The Morgan fingerprint density at radius 3 is 2.52 bits per heavy atom. The van der Waals surface area contributed by atoms with Gasteiger partial charge in [-0.05, 0) is 6.42 Å². The van der Waals surface area contributed by atoms with Crippen LogP contribution in [-0.2, 0) is 22.6 Å². The molecule has 1 atom stereocenters. The lowest BCUT2D eigenvalue weighted by Crippen LogP contribution is -2.36. The Kier molecular flexibility index (Phi) is 4.37. The summed E-state index contributed by atoms with van der Waals surface area (Å²) < 4.78 is 2.17. The van der Waals surface area contributed by atoms with Gasteiger partial charge in [0.2, 0.25) is 11.8 Å². The summed E-state index contributed by atoms with van der Waals surface area (Å²) in [4.78, 5) is 27.5. The third kappa shape index (κ3) is 3.09. The summed E-state index contributed by atoms with van der Waals surface area (Å²) in [6.45, 7) is 9.16. The maximum Gasteiger partial charge on any atom is 0.225 e. The van der Waals surface area contributed by atoms with Crippen molar-refractivity contribution < 1.29 is 9.59 Å². The molecular weight excluding hydrogens is 294 g/mol. The minimum atomic E-state index is 0.0250. The maximum absolute atomic E-state index is 12.2. The van der Waals surface area contributed by atoms with E-state index in [0.29, 0.717) is 13.1 Å². The van der Waals surface area contributed by atoms with Crippen LogP contribution in [0, 0.1) is 5.92 Å². The van der Waals surface area contributed by atoms with E-state index in [-0.39, 0.29) is 23.7 Å². The molecule has 3 heterocycles. The van der Waals surface area contributed by atoms with E-state index in [1.54, 1.807) is 6.92 Å². The van der Waals surface area contributed by atoms with Crippen molar-refractivity contribution in [1.82, 2.24) is 24.6 Å². The molecule has 0 saturated carbocycles. The minimum absolute atomic E-state index is 0.0250. The van der Waals surface area contributed by atoms with E-state index in [0.717, 1.165) is 44.1 Å². The number of carbonyl (C=O) groups is 2. The second-order valence-electron chi connectivity index (χ2n) is 6.81. The SMILES string of the molecule is CC(=O)N1CCC(c2nnc3n2CCN(C(=O)C(C)C)CC3)C1. The van der Waals surface area contributed by atoms with Gasteiger partial charge in [0, 0.05) is 57.9 Å². The fourth-order valence-corrected chi connectivity index (χ4v) is 3.49. The van der Waals surface area contributed by atoms with E-state index < -0.39 is 0 Å². The normalized spacial score (nSPS) is 21.5. The van der Waals surface area contributed by atoms with E-state index in [9.17, 15) is 9.59 Å². The molecule has 7 nitrogen and oxygen atoms in total. The zero-order valence-electron chi connectivity index (χ0n) is 14.2. The molecule has 0 radical (unpaired) electrons. The summed E-state index contributed by atoms with van der Waals surface area (Å²) in [5.41, 5.74) is 0. The minimum Gasteiger partial charge on any atom is -0.342 e. The van der Waals surface area contributed by atoms with Gasteiger partial charge in [-0.2, -0.15) is 0 Å². The molecule has 1 unspecified atom stereocenters. The predicted octanol–water partition coefficient (Wildman–Crippen LogP) is 0.655. The van der Waals surface area contributed by atoms with Gasteiger partial charge in [-0.1, -0.05) is 13.8 Å². The van der Waals surface area contributed by atoms with Crippen LogP contribution in [0.25, 0.3) is 0 Å². The number of fused-ring (bicyclic) bond motifs is 1. The summed E-state index contributed by atoms with van der Waals surface area (Å²) in [6.07, 6.45) is 1.68. The summed E-state index contributed by atoms with van der Waals surface area (Å²) in [5.74, 6) is 2.54. The van der Waals surface area contributed by atoms with Crippen molar-refractivity contribution in [3.63, 3.8) is 0 Å². The number of carbonyl (C=O) groups excluding carboxylic acids is 2. The zero-order valence-corrected chi connectivity index (χ0v) is 14.2. The van der Waals surface area contributed by atoms with Gasteiger partial charge in [0.1, 0.15) is 11.6 Å². The monoisotopic (exact) mass is 319 g/mol. The van der Waals surface area contributed by atoms with E-state index in [1.165, 1.54) is 0 Å². The first kappa shape index (κ1) is 16.0. The highest BCUT2D eigenvalue weighted by Gasteiger charge is 2.31. The molecule has 0 N–H and O–H groups in total. The molecule has 1 aromatic heterocycles. The number of hydrogen-bond donors (Lipinski definition) is 0. The third-order valence-electron chi connectivity index (χ3n) is 4.86. The van der Waals surface area contributed by atoms with Crippen LogP contribution in [-0.4, -0.2) is 62.6 Å². The average Bonchev–Trinajstić information content (AvgIpc) is 3.09. The fourth-order valence-electron chi connectivity index (χ4n) is 3.49. The molecule has 0 aromatic carbocycles. The third-order valence-corrected chi connectivity index (χ3v) is 4.86. The second-order valence-corrected chi connectivity index (χ2v) is 6.81. The first-order valence-electron chi connectivity index (χ1n) is 8.43. The highest BCUT2D eigenvalue weighted by molar-refractivity contribution is 5.78. The first-order valence-corrected chi connectivity index (χ1v) is 8.43. The number of rotatable bonds is 2. The Labute approximate surface area is 136 Å². The summed E-state index contributed by atoms with van der Waals surface area (Å²) in [5, 5.41) is 8.73. The van der Waals surface area contributed by atoms with Crippen LogP contribution in [0.15, 0.2) is 0 Å². The maximum atomic E-state index is 12.2. The predicted molar refractivity (Wildman–Crippen MR) is 84.8 cm³/mol. The number of hydrogen-bond acceptors (Lipinski definition) is 4. The van der Waals surface area contributed by atoms with Crippen molar-refractivity contribution in [3.05, 3.63) is 11.6 Å². The number of amides is 2. The van der Waals surface area contributed by atoms with Crippen LogP contribution in [0.2, 0.25) is 0 Å². The van der Waals surface area contributed by atoms with Gasteiger partial charge in [-0.3, -0.25) is 9.59 Å². The summed E-state index contributed by atoms with van der Waals surface area (Å²) >= 11 is 0. The van der Waals surface area contributed by atoms with E-state index in [2.05, 4.69) is 14.8 Å². The highest BCUT2D eigenvalue weighted by Crippen LogP contribution is 2.27. The molecule has 1 saturated heterocycles. The van der Waals surface area contributed by atoms with Crippen molar-refractivity contribution in [2.75, 3.05) is 26.2 Å². The Hall–Kier alpha value is -1.92. The lowest BCUT2D eigenvalue weighted by Gasteiger charge is -2.22. The quantitative estimate of drug-likeness (QED) is 0.802. The Morgan fingerprint density at radius 1 is 1.09 bits per heavy atom. The standard InChI is InChI=1S/C16H25N5O2/c1-11(2)16(23)19-7-5-14-17-18-15(21(14)9-8-19)13-4-6-20(10-13)12(3)22/h11,13H,4-10H2,1-3H3. The molecule has 0 bridgehead atoms. The van der Waals surface area contributed by atoms with Crippen molar-refractivity contribution in [3.8, 4) is 0 Å². The molecule has 0 aliphatic carbocycles. The van der Waals surface area contributed by atoms with E-state index in [1.807, 2.05) is 23.6 Å². The molecule has 1 aromatic rings. The summed E-state index contributed by atoms with van der Waals surface area (Å²) in [6, 6.07) is 0. The van der Waals surface area contributed by atoms with Gasteiger partial charge in [0.15, 0.2) is 0 Å². The molecule has 3 rings (SSSR count). The zero-order chi connectivity index (χ0) is 16.6. The molecule has 2 aliphatic heterocycles. The van der Waals surface area contributed by atoms with Crippen molar-refractivity contribution in [2.24, 2.45) is 5.92 Å². The van der Waals surface area contributed by atoms with E-state index >= 15 is 0 Å². The molecule has 126 valence electrons. The van der Waals surface area contributed by atoms with Gasteiger partial charge in [-0.25, -0.2) is 0 Å². The van der Waals surface area contributed by atoms with Crippen LogP contribution >= 0.6 is 0 Å². The van der Waals surface area contributed by atoms with Crippen LogP contribution in [0.4, 0.5) is 0 Å². The topological polar surface area (TPSA) is 71.3 Å². The molecule has 2 amide bonds. The van der Waals surface area contributed by atoms with Gasteiger partial charge in [0.25, 0.3) is 0 Å². The molecule has 2 aliphatic rings. The van der Waals surface area contributed by atoms with Crippen molar-refractivity contribution >= 4 is 11.8 Å². The molecule has 1 fully saturated rings. The van der Waals surface area contributed by atoms with Gasteiger partial charge < -0.3 is 14.4 Å². The van der Waals surface area contributed by atoms with Crippen molar-refractivity contribution in [1.29, 1.82) is 0 Å². The van der Waals surface area contributed by atoms with Crippen molar-refractivity contribution in [2.45, 2.75) is 46.1 Å². The second kappa shape index (κ2) is 6.29. The van der Waals surface area contributed by atoms with Crippen LogP contribution in [0.3, 0.4) is 0 Å². The van der Waals surface area contributed by atoms with Crippen LogP contribution in [0.1, 0.15) is 44.8 Å². The largest absolute Gasteiger partial charge is 0.342 e. The fraction of sp³-hybridized carbons (Fsp3) is 0.750.